The van der Waals surface area contributed by atoms with Crippen LogP contribution in [0.3, 0.4) is 0 Å². The van der Waals surface area contributed by atoms with Crippen LogP contribution in [0.5, 0.6) is 0 Å². The van der Waals surface area contributed by atoms with Gasteiger partial charge in [0, 0.05) is 5.92 Å². The molecule has 0 aromatic carbocycles. The molecule has 0 aromatic heterocycles. The summed E-state index contributed by atoms with van der Waals surface area (Å²) in [5.41, 5.74) is 0. The Labute approximate surface area is 59.3 Å². The molecule has 10 heavy (non-hydrogen) atoms. The minimum atomic E-state index is -3.29. The molecule has 1 unspecified atom stereocenters. The lowest BCUT2D eigenvalue weighted by atomic mass is 10.1. The van der Waals surface area contributed by atoms with Crippen molar-refractivity contribution in [1.82, 2.24) is 0 Å². The standard InChI is InChI=1S/C5H9FO3S/c6-3-5-1-2-10(7,8)9-4-5/h5H,1-4H2. The molecule has 0 bridgehead atoms. The van der Waals surface area contributed by atoms with Gasteiger partial charge in [0.1, 0.15) is 0 Å². The van der Waals surface area contributed by atoms with Crippen molar-refractivity contribution in [3.8, 4) is 0 Å². The monoisotopic (exact) mass is 168 g/mol. The summed E-state index contributed by atoms with van der Waals surface area (Å²) < 4.78 is 37.4. The lowest BCUT2D eigenvalue weighted by Gasteiger charge is -2.18. The summed E-state index contributed by atoms with van der Waals surface area (Å²) >= 11 is 0. The van der Waals surface area contributed by atoms with Crippen LogP contribution in [0, 0.1) is 5.92 Å². The number of hydrogen-bond acceptors (Lipinski definition) is 3. The predicted molar refractivity (Wildman–Crippen MR) is 33.8 cm³/mol. The Bertz CT molecular complexity index is 185. The molecule has 0 amide bonds. The highest BCUT2D eigenvalue weighted by molar-refractivity contribution is 7.86. The second-order valence-corrected chi connectivity index (χ2v) is 4.11. The van der Waals surface area contributed by atoms with Crippen LogP contribution in [0.1, 0.15) is 6.42 Å². The fourth-order valence-corrected chi connectivity index (χ4v) is 1.91. The van der Waals surface area contributed by atoms with Crippen LogP contribution in [0.2, 0.25) is 0 Å². The lowest BCUT2D eigenvalue weighted by molar-refractivity contribution is 0.198. The molecular weight excluding hydrogens is 159 g/mol. The Morgan fingerprint density at radius 1 is 1.60 bits per heavy atom. The van der Waals surface area contributed by atoms with Gasteiger partial charge in [-0.3, -0.25) is 8.57 Å². The van der Waals surface area contributed by atoms with Gasteiger partial charge >= 0.3 is 0 Å². The first kappa shape index (κ1) is 7.94. The van der Waals surface area contributed by atoms with Gasteiger partial charge in [-0.25, -0.2) is 0 Å². The van der Waals surface area contributed by atoms with E-state index in [0.29, 0.717) is 6.42 Å². The zero-order valence-corrected chi connectivity index (χ0v) is 6.23. The van der Waals surface area contributed by atoms with Crippen LogP contribution in [0.4, 0.5) is 4.39 Å². The molecular formula is C5H9FO3S. The van der Waals surface area contributed by atoms with Gasteiger partial charge in [-0.1, -0.05) is 0 Å². The first-order valence-electron chi connectivity index (χ1n) is 3.07. The van der Waals surface area contributed by atoms with E-state index in [0.717, 1.165) is 0 Å². The van der Waals surface area contributed by atoms with Gasteiger partial charge < -0.3 is 0 Å². The Balaban J connectivity index is 2.46. The zero-order chi connectivity index (χ0) is 7.61. The highest BCUT2D eigenvalue weighted by atomic mass is 32.2. The Morgan fingerprint density at radius 2 is 2.30 bits per heavy atom. The van der Waals surface area contributed by atoms with Crippen molar-refractivity contribution in [1.29, 1.82) is 0 Å². The maximum Gasteiger partial charge on any atom is 0.267 e. The molecule has 1 aliphatic rings. The molecule has 0 aliphatic carbocycles. The molecule has 1 fully saturated rings. The van der Waals surface area contributed by atoms with Gasteiger partial charge in [0.25, 0.3) is 10.1 Å². The van der Waals surface area contributed by atoms with Crippen molar-refractivity contribution >= 4 is 10.1 Å². The Hall–Kier alpha value is -0.160. The van der Waals surface area contributed by atoms with Crippen LogP contribution in [0.25, 0.3) is 0 Å². The van der Waals surface area contributed by atoms with Crippen molar-refractivity contribution in [2.45, 2.75) is 6.42 Å². The van der Waals surface area contributed by atoms with Crippen LogP contribution in [0.15, 0.2) is 0 Å². The van der Waals surface area contributed by atoms with Crippen molar-refractivity contribution in [2.24, 2.45) is 5.92 Å². The average molecular weight is 168 g/mol. The smallest absolute Gasteiger partial charge is 0.267 e. The highest BCUT2D eigenvalue weighted by Gasteiger charge is 2.23. The molecule has 0 N–H and O–H groups in total. The lowest BCUT2D eigenvalue weighted by Crippen LogP contribution is -2.26. The maximum absolute atomic E-state index is 11.9. The molecule has 1 saturated heterocycles. The highest BCUT2D eigenvalue weighted by Crippen LogP contribution is 2.15. The van der Waals surface area contributed by atoms with E-state index in [1.807, 2.05) is 0 Å². The summed E-state index contributed by atoms with van der Waals surface area (Å²) in [6.45, 7) is -0.478. The molecule has 60 valence electrons. The summed E-state index contributed by atoms with van der Waals surface area (Å²) in [5.74, 6) is -0.259. The average Bonchev–Trinajstić information content (AvgIpc) is 1.88. The van der Waals surface area contributed by atoms with Crippen molar-refractivity contribution in [2.75, 3.05) is 19.0 Å². The van der Waals surface area contributed by atoms with E-state index in [1.165, 1.54) is 0 Å². The number of rotatable bonds is 1. The van der Waals surface area contributed by atoms with Gasteiger partial charge in [0.15, 0.2) is 0 Å². The third kappa shape index (κ3) is 1.91. The van der Waals surface area contributed by atoms with Gasteiger partial charge in [-0.2, -0.15) is 8.42 Å². The molecule has 0 spiro atoms. The van der Waals surface area contributed by atoms with E-state index in [1.54, 1.807) is 0 Å². The van der Waals surface area contributed by atoms with Crippen molar-refractivity contribution in [3.63, 3.8) is 0 Å². The van der Waals surface area contributed by atoms with E-state index in [4.69, 9.17) is 0 Å². The van der Waals surface area contributed by atoms with Crippen LogP contribution in [-0.4, -0.2) is 27.5 Å². The maximum atomic E-state index is 11.9. The predicted octanol–water partition coefficient (Wildman–Crippen LogP) is 0.322. The SMILES string of the molecule is O=S1(=O)CCC(CF)CO1. The van der Waals surface area contributed by atoms with Crippen LogP contribution >= 0.6 is 0 Å². The fourth-order valence-electron chi connectivity index (χ4n) is 0.775. The molecule has 1 heterocycles. The van der Waals surface area contributed by atoms with E-state index in [2.05, 4.69) is 4.18 Å². The third-order valence-corrected chi connectivity index (χ3v) is 2.71. The summed E-state index contributed by atoms with van der Waals surface area (Å²) in [6.07, 6.45) is 0.388. The van der Waals surface area contributed by atoms with Crippen molar-refractivity contribution < 1.29 is 17.0 Å². The topological polar surface area (TPSA) is 43.4 Å². The minimum absolute atomic E-state index is 0.0127. The quantitative estimate of drug-likeness (QED) is 0.530. The minimum Gasteiger partial charge on any atom is -0.270 e. The molecule has 1 atom stereocenters. The molecule has 1 rings (SSSR count). The molecule has 0 radical (unpaired) electrons. The van der Waals surface area contributed by atoms with Crippen LogP contribution in [-0.2, 0) is 14.3 Å². The Kier molecular flexibility index (Phi) is 2.25. The Morgan fingerprint density at radius 3 is 2.70 bits per heavy atom. The van der Waals surface area contributed by atoms with E-state index in [-0.39, 0.29) is 18.3 Å². The van der Waals surface area contributed by atoms with Gasteiger partial charge in [-0.15, -0.1) is 0 Å². The van der Waals surface area contributed by atoms with Gasteiger partial charge in [0.2, 0.25) is 0 Å². The summed E-state index contributed by atoms with van der Waals surface area (Å²) in [7, 11) is -3.29. The van der Waals surface area contributed by atoms with Crippen LogP contribution < -0.4 is 0 Å². The zero-order valence-electron chi connectivity index (χ0n) is 5.42. The van der Waals surface area contributed by atoms with E-state index < -0.39 is 16.8 Å². The second-order valence-electron chi connectivity index (χ2n) is 2.36. The first-order chi connectivity index (χ1) is 4.64. The first-order valence-corrected chi connectivity index (χ1v) is 4.65. The molecule has 1 aliphatic heterocycles. The molecule has 0 saturated carbocycles. The fraction of sp³-hybridized carbons (Fsp3) is 1.00. The molecule has 0 aromatic rings. The number of halogens is 1. The van der Waals surface area contributed by atoms with E-state index in [9.17, 15) is 12.8 Å². The number of alkyl halides is 1. The summed E-state index contributed by atoms with van der Waals surface area (Å²) in [6, 6.07) is 0. The summed E-state index contributed by atoms with van der Waals surface area (Å²) in [4.78, 5) is 0. The molecule has 5 heteroatoms. The second kappa shape index (κ2) is 2.84. The largest absolute Gasteiger partial charge is 0.270 e. The van der Waals surface area contributed by atoms with E-state index >= 15 is 0 Å². The molecule has 3 nitrogen and oxygen atoms in total. The van der Waals surface area contributed by atoms with Gasteiger partial charge in [0.05, 0.1) is 19.0 Å². The van der Waals surface area contributed by atoms with Crippen molar-refractivity contribution in [3.05, 3.63) is 0 Å². The van der Waals surface area contributed by atoms with Gasteiger partial charge in [-0.05, 0) is 6.42 Å². The third-order valence-electron chi connectivity index (χ3n) is 1.48. The normalized spacial score (nSPS) is 31.9. The summed E-state index contributed by atoms with van der Waals surface area (Å²) in [5, 5.41) is 0. The number of hydrogen-bond donors (Lipinski definition) is 0.